The van der Waals surface area contributed by atoms with Gasteiger partial charge in [-0.05, 0) is 61.4 Å². The molecule has 9 nitrogen and oxygen atoms in total. The molecule has 1 heterocycles. The van der Waals surface area contributed by atoms with E-state index in [9.17, 15) is 9.59 Å². The second kappa shape index (κ2) is 14.2. The molecule has 4 rings (SSSR count). The molecule has 0 aliphatic rings. The molecule has 0 bridgehead atoms. The minimum absolute atomic E-state index is 0.0490. The van der Waals surface area contributed by atoms with Crippen LogP contribution in [0.25, 0.3) is 0 Å². The van der Waals surface area contributed by atoms with E-state index in [0.717, 1.165) is 11.3 Å². The van der Waals surface area contributed by atoms with Crippen molar-refractivity contribution in [2.24, 2.45) is 16.1 Å². The smallest absolute Gasteiger partial charge is 0.251 e. The fraction of sp³-hybridized carbons (Fsp3) is 0.226. The fourth-order valence-electron chi connectivity index (χ4n) is 4.03. The van der Waals surface area contributed by atoms with Gasteiger partial charge < -0.3 is 15.2 Å². The third kappa shape index (κ3) is 8.21. The van der Waals surface area contributed by atoms with Crippen LogP contribution in [-0.4, -0.2) is 32.3 Å². The van der Waals surface area contributed by atoms with E-state index in [2.05, 4.69) is 37.6 Å². The highest BCUT2D eigenvalue weighted by Crippen LogP contribution is 2.26. The Morgan fingerprint density at radius 3 is 2.34 bits per heavy atom. The maximum Gasteiger partial charge on any atom is 0.251 e. The van der Waals surface area contributed by atoms with Crippen LogP contribution in [0, 0.1) is 12.8 Å². The number of rotatable bonds is 12. The van der Waals surface area contributed by atoms with Gasteiger partial charge in [0.05, 0.1) is 23.2 Å². The number of nitrogens with zero attached hydrogens (tertiary/aromatic N) is 5. The van der Waals surface area contributed by atoms with Gasteiger partial charge in [-0.15, -0.1) is 16.8 Å². The lowest BCUT2D eigenvalue weighted by Crippen LogP contribution is -2.34. The molecule has 0 saturated carbocycles. The van der Waals surface area contributed by atoms with Crippen molar-refractivity contribution in [1.29, 1.82) is 0 Å². The first-order chi connectivity index (χ1) is 19.8. The second-order valence-electron chi connectivity index (χ2n) is 9.72. The number of carbonyl (C=O) groups is 2. The van der Waals surface area contributed by atoms with Crippen molar-refractivity contribution >= 4 is 40.6 Å². The Balaban J connectivity index is 1.39. The Kier molecular flexibility index (Phi) is 10.2. The van der Waals surface area contributed by atoms with Crippen molar-refractivity contribution in [2.75, 3.05) is 11.1 Å². The van der Waals surface area contributed by atoms with Crippen LogP contribution in [0.4, 0.5) is 17.1 Å². The summed E-state index contributed by atoms with van der Waals surface area (Å²) in [5.41, 5.74) is 3.70. The summed E-state index contributed by atoms with van der Waals surface area (Å²) in [7, 11) is 0. The molecular formula is C31H33N7O2S. The standard InChI is InChI=1S/C31H33N7O2S/c1-5-18-38-29(28(21(2)3)33-30(40)23-11-9-10-22(4)19-23)36-37-31(38)41-20-27(39)32-24-14-16-26(17-15-24)35-34-25-12-7-6-8-13-25/h5-17,19,21,28H,1,18,20H2,2-4H3,(H,32,39)(H,33,40)/t28-/m0/s1. The number of aryl methyl sites for hydroxylation is 1. The largest absolute Gasteiger partial charge is 0.342 e. The summed E-state index contributed by atoms with van der Waals surface area (Å²) in [5.74, 6) is 0.433. The first-order valence-corrected chi connectivity index (χ1v) is 14.2. The van der Waals surface area contributed by atoms with E-state index in [1.807, 2.05) is 73.9 Å². The molecule has 1 atom stereocenters. The van der Waals surface area contributed by atoms with Crippen LogP contribution < -0.4 is 10.6 Å². The van der Waals surface area contributed by atoms with E-state index < -0.39 is 0 Å². The van der Waals surface area contributed by atoms with Gasteiger partial charge in [0, 0.05) is 17.8 Å². The monoisotopic (exact) mass is 567 g/mol. The molecule has 0 saturated heterocycles. The highest BCUT2D eigenvalue weighted by atomic mass is 32.2. The van der Waals surface area contributed by atoms with E-state index >= 15 is 0 Å². The Hall–Kier alpha value is -4.57. The van der Waals surface area contributed by atoms with Crippen molar-refractivity contribution in [2.45, 2.75) is 38.5 Å². The van der Waals surface area contributed by atoms with Gasteiger partial charge >= 0.3 is 0 Å². The Morgan fingerprint density at radius 2 is 1.68 bits per heavy atom. The molecule has 0 spiro atoms. The highest BCUT2D eigenvalue weighted by Gasteiger charge is 2.26. The van der Waals surface area contributed by atoms with Crippen LogP contribution >= 0.6 is 11.8 Å². The summed E-state index contributed by atoms with van der Waals surface area (Å²) in [5, 5.41) is 23.8. The Labute approximate surface area is 244 Å². The number of benzene rings is 3. The van der Waals surface area contributed by atoms with Gasteiger partial charge in [0.2, 0.25) is 5.91 Å². The van der Waals surface area contributed by atoms with E-state index in [0.29, 0.717) is 34.5 Å². The summed E-state index contributed by atoms with van der Waals surface area (Å²) in [6.45, 7) is 10.3. The van der Waals surface area contributed by atoms with Crippen molar-refractivity contribution in [3.05, 3.63) is 108 Å². The zero-order valence-corrected chi connectivity index (χ0v) is 24.1. The van der Waals surface area contributed by atoms with Gasteiger partial charge in [0.25, 0.3) is 5.91 Å². The SMILES string of the molecule is C=CCn1c(SCC(=O)Nc2ccc(N=Nc3ccccc3)cc2)nnc1[C@@H](NC(=O)c1cccc(C)c1)C(C)C. The number of carbonyl (C=O) groups excluding carboxylic acids is 2. The van der Waals surface area contributed by atoms with Crippen LogP contribution in [0.15, 0.2) is 107 Å². The van der Waals surface area contributed by atoms with Gasteiger partial charge in [-0.1, -0.05) is 67.6 Å². The molecule has 0 radical (unpaired) electrons. The number of azo groups is 1. The minimum Gasteiger partial charge on any atom is -0.342 e. The number of allylic oxidation sites excluding steroid dienone is 1. The molecule has 2 N–H and O–H groups in total. The van der Waals surface area contributed by atoms with Crippen LogP contribution in [0.3, 0.4) is 0 Å². The quantitative estimate of drug-likeness (QED) is 0.108. The van der Waals surface area contributed by atoms with Crippen LogP contribution in [-0.2, 0) is 11.3 Å². The predicted molar refractivity (Wildman–Crippen MR) is 163 cm³/mol. The van der Waals surface area contributed by atoms with Crippen molar-refractivity contribution in [3.63, 3.8) is 0 Å². The van der Waals surface area contributed by atoms with Gasteiger partial charge in [0.1, 0.15) is 0 Å². The maximum absolute atomic E-state index is 13.0. The molecule has 0 aliphatic carbocycles. The Bertz CT molecular complexity index is 1520. The van der Waals surface area contributed by atoms with Crippen LogP contribution in [0.1, 0.15) is 41.6 Å². The van der Waals surface area contributed by atoms with Gasteiger partial charge in [0.15, 0.2) is 11.0 Å². The molecule has 0 fully saturated rings. The molecule has 2 amide bonds. The third-order valence-electron chi connectivity index (χ3n) is 6.09. The van der Waals surface area contributed by atoms with E-state index in [4.69, 9.17) is 0 Å². The number of amides is 2. The van der Waals surface area contributed by atoms with Gasteiger partial charge in [-0.2, -0.15) is 10.2 Å². The van der Waals surface area contributed by atoms with Crippen molar-refractivity contribution in [3.8, 4) is 0 Å². The number of anilines is 1. The summed E-state index contributed by atoms with van der Waals surface area (Å²) < 4.78 is 1.89. The van der Waals surface area contributed by atoms with Crippen LogP contribution in [0.2, 0.25) is 0 Å². The third-order valence-corrected chi connectivity index (χ3v) is 7.06. The average Bonchev–Trinajstić information content (AvgIpc) is 3.36. The first-order valence-electron chi connectivity index (χ1n) is 13.2. The van der Waals surface area contributed by atoms with E-state index in [1.165, 1.54) is 11.8 Å². The second-order valence-corrected chi connectivity index (χ2v) is 10.7. The molecule has 10 heteroatoms. The normalized spacial score (nSPS) is 11.9. The van der Waals surface area contributed by atoms with Crippen molar-refractivity contribution in [1.82, 2.24) is 20.1 Å². The first kappa shape index (κ1) is 29.4. The molecule has 0 aliphatic heterocycles. The summed E-state index contributed by atoms with van der Waals surface area (Å²) in [6, 6.07) is 23.7. The lowest BCUT2D eigenvalue weighted by molar-refractivity contribution is -0.113. The summed E-state index contributed by atoms with van der Waals surface area (Å²) in [6.07, 6.45) is 1.74. The number of hydrogen-bond acceptors (Lipinski definition) is 7. The van der Waals surface area contributed by atoms with E-state index in [-0.39, 0.29) is 29.5 Å². The fourth-order valence-corrected chi connectivity index (χ4v) is 4.78. The van der Waals surface area contributed by atoms with Crippen molar-refractivity contribution < 1.29 is 9.59 Å². The lowest BCUT2D eigenvalue weighted by atomic mass is 10.0. The maximum atomic E-state index is 13.0. The molecule has 1 aromatic heterocycles. The topological polar surface area (TPSA) is 114 Å². The Morgan fingerprint density at radius 1 is 0.976 bits per heavy atom. The molecular weight excluding hydrogens is 534 g/mol. The predicted octanol–water partition coefficient (Wildman–Crippen LogP) is 7.05. The number of thioether (sulfide) groups is 1. The molecule has 210 valence electrons. The molecule has 0 unspecified atom stereocenters. The zero-order valence-electron chi connectivity index (χ0n) is 23.3. The zero-order chi connectivity index (χ0) is 29.2. The molecule has 41 heavy (non-hydrogen) atoms. The summed E-state index contributed by atoms with van der Waals surface area (Å²) >= 11 is 1.27. The molecule has 4 aromatic rings. The minimum atomic E-state index is -0.379. The number of nitrogens with one attached hydrogen (secondary N) is 2. The average molecular weight is 568 g/mol. The lowest BCUT2D eigenvalue weighted by Gasteiger charge is -2.22. The van der Waals surface area contributed by atoms with E-state index in [1.54, 1.807) is 36.4 Å². The highest BCUT2D eigenvalue weighted by molar-refractivity contribution is 7.99. The number of aromatic nitrogens is 3. The molecule has 3 aromatic carbocycles. The van der Waals surface area contributed by atoms with Crippen LogP contribution in [0.5, 0.6) is 0 Å². The van der Waals surface area contributed by atoms with Gasteiger partial charge in [-0.3, -0.25) is 9.59 Å². The van der Waals surface area contributed by atoms with Gasteiger partial charge in [-0.25, -0.2) is 0 Å². The summed E-state index contributed by atoms with van der Waals surface area (Å²) in [4.78, 5) is 25.7. The number of hydrogen-bond donors (Lipinski definition) is 2.